The van der Waals surface area contributed by atoms with Crippen LogP contribution in [0.3, 0.4) is 0 Å². The topological polar surface area (TPSA) is 90.9 Å². The Morgan fingerprint density at radius 1 is 1.62 bits per heavy atom. The van der Waals surface area contributed by atoms with Crippen molar-refractivity contribution in [1.29, 1.82) is 0 Å². The molecule has 0 aliphatic rings. The summed E-state index contributed by atoms with van der Waals surface area (Å²) in [6.07, 6.45) is 1.82. The van der Waals surface area contributed by atoms with E-state index in [0.717, 1.165) is 12.8 Å². The fourth-order valence-electron chi connectivity index (χ4n) is 1.23. The van der Waals surface area contributed by atoms with Crippen molar-refractivity contribution in [3.05, 3.63) is 11.6 Å². The predicted octanol–water partition coefficient (Wildman–Crippen LogP) is 0.258. The number of aromatic amines is 1. The molecule has 1 heterocycles. The van der Waals surface area contributed by atoms with Gasteiger partial charge in [0.2, 0.25) is 5.82 Å². The Balaban J connectivity index is 2.29. The average Bonchev–Trinajstić information content (AvgIpc) is 2.72. The second kappa shape index (κ2) is 6.22. The Kier molecular flexibility index (Phi) is 4.91. The van der Waals surface area contributed by atoms with Crippen LogP contribution in [0.5, 0.6) is 0 Å². The second-order valence-corrected chi connectivity index (χ2v) is 3.71. The minimum atomic E-state index is -0.327. The Morgan fingerprint density at radius 3 is 2.94 bits per heavy atom. The first-order valence-electron chi connectivity index (χ1n) is 5.51. The summed E-state index contributed by atoms with van der Waals surface area (Å²) in [5, 5.41) is 18.2. The number of amides is 1. The molecule has 0 spiro atoms. The van der Waals surface area contributed by atoms with Gasteiger partial charge in [-0.25, -0.2) is 4.98 Å². The maximum Gasteiger partial charge on any atom is 0.290 e. The number of aryl methyl sites for hydroxylation is 1. The summed E-state index contributed by atoms with van der Waals surface area (Å²) < 4.78 is 0. The fourth-order valence-corrected chi connectivity index (χ4v) is 1.23. The predicted molar refractivity (Wildman–Crippen MR) is 59.0 cm³/mol. The molecule has 0 aliphatic carbocycles. The molecular weight excluding hydrogens is 208 g/mol. The summed E-state index contributed by atoms with van der Waals surface area (Å²) in [6, 6.07) is 0. The summed E-state index contributed by atoms with van der Waals surface area (Å²) in [4.78, 5) is 15.5. The molecule has 6 heteroatoms. The lowest BCUT2D eigenvalue weighted by atomic mass is 10.2. The van der Waals surface area contributed by atoms with E-state index in [1.807, 2.05) is 6.92 Å². The number of hydrogen-bond donors (Lipinski definition) is 3. The maximum atomic E-state index is 11.5. The lowest BCUT2D eigenvalue weighted by molar-refractivity contribution is 0.0939. The molecule has 1 rings (SSSR count). The van der Waals surface area contributed by atoms with Crippen LogP contribution in [0.2, 0.25) is 0 Å². The minimum Gasteiger partial charge on any atom is -0.393 e. The van der Waals surface area contributed by atoms with Crippen LogP contribution in [0, 0.1) is 0 Å². The Bertz CT molecular complexity index is 335. The van der Waals surface area contributed by atoms with E-state index in [1.165, 1.54) is 0 Å². The lowest BCUT2D eigenvalue weighted by Gasteiger charge is -2.04. The summed E-state index contributed by atoms with van der Waals surface area (Å²) in [5.41, 5.74) is 0. The van der Waals surface area contributed by atoms with Crippen molar-refractivity contribution in [3.63, 3.8) is 0 Å². The molecule has 1 aromatic heterocycles. The SMILES string of the molecule is CCc1nc(C(=O)NCCCC(C)O)n[nH]1. The second-order valence-electron chi connectivity index (χ2n) is 3.71. The average molecular weight is 226 g/mol. The zero-order valence-corrected chi connectivity index (χ0v) is 9.66. The number of aliphatic hydroxyl groups is 1. The van der Waals surface area contributed by atoms with Crippen LogP contribution in [-0.2, 0) is 6.42 Å². The van der Waals surface area contributed by atoms with Crippen LogP contribution in [-0.4, -0.2) is 38.8 Å². The van der Waals surface area contributed by atoms with E-state index < -0.39 is 0 Å². The molecule has 3 N–H and O–H groups in total. The third-order valence-corrected chi connectivity index (χ3v) is 2.15. The molecule has 0 bridgehead atoms. The van der Waals surface area contributed by atoms with E-state index >= 15 is 0 Å². The molecule has 0 radical (unpaired) electrons. The number of hydrogen-bond acceptors (Lipinski definition) is 4. The highest BCUT2D eigenvalue weighted by molar-refractivity contribution is 5.90. The minimum absolute atomic E-state index is 0.175. The van der Waals surface area contributed by atoms with E-state index in [1.54, 1.807) is 6.92 Å². The van der Waals surface area contributed by atoms with Crippen LogP contribution < -0.4 is 5.32 Å². The number of nitrogens with zero attached hydrogens (tertiary/aromatic N) is 2. The number of H-pyrrole nitrogens is 1. The first-order chi connectivity index (χ1) is 7.63. The number of rotatable bonds is 6. The normalized spacial score (nSPS) is 12.4. The van der Waals surface area contributed by atoms with Gasteiger partial charge in [-0.3, -0.25) is 9.89 Å². The fraction of sp³-hybridized carbons (Fsp3) is 0.700. The van der Waals surface area contributed by atoms with Gasteiger partial charge in [0.25, 0.3) is 5.91 Å². The van der Waals surface area contributed by atoms with Crippen molar-refractivity contribution in [1.82, 2.24) is 20.5 Å². The van der Waals surface area contributed by atoms with Crippen LogP contribution in [0.1, 0.15) is 43.1 Å². The van der Waals surface area contributed by atoms with E-state index in [9.17, 15) is 4.79 Å². The Hall–Kier alpha value is -1.43. The zero-order chi connectivity index (χ0) is 12.0. The highest BCUT2D eigenvalue weighted by Gasteiger charge is 2.10. The molecule has 1 atom stereocenters. The lowest BCUT2D eigenvalue weighted by Crippen LogP contribution is -2.26. The van der Waals surface area contributed by atoms with Gasteiger partial charge in [-0.05, 0) is 19.8 Å². The van der Waals surface area contributed by atoms with Gasteiger partial charge in [-0.15, -0.1) is 5.10 Å². The zero-order valence-electron chi connectivity index (χ0n) is 9.66. The van der Waals surface area contributed by atoms with Gasteiger partial charge >= 0.3 is 0 Å². The van der Waals surface area contributed by atoms with Crippen LogP contribution in [0.15, 0.2) is 0 Å². The van der Waals surface area contributed by atoms with Crippen molar-refractivity contribution in [3.8, 4) is 0 Å². The van der Waals surface area contributed by atoms with Crippen molar-refractivity contribution in [2.24, 2.45) is 0 Å². The van der Waals surface area contributed by atoms with E-state index in [2.05, 4.69) is 20.5 Å². The number of aromatic nitrogens is 3. The van der Waals surface area contributed by atoms with Crippen molar-refractivity contribution in [2.45, 2.75) is 39.2 Å². The van der Waals surface area contributed by atoms with Gasteiger partial charge in [-0.1, -0.05) is 6.92 Å². The standard InChI is InChI=1S/C10H18N4O2/c1-3-8-12-9(14-13-8)10(16)11-6-4-5-7(2)15/h7,15H,3-6H2,1-2H3,(H,11,16)(H,12,13,14). The molecule has 0 saturated carbocycles. The summed E-state index contributed by atoms with van der Waals surface area (Å²) in [7, 11) is 0. The summed E-state index contributed by atoms with van der Waals surface area (Å²) in [6.45, 7) is 4.19. The van der Waals surface area contributed by atoms with E-state index in [4.69, 9.17) is 5.11 Å². The number of carbonyl (C=O) groups is 1. The quantitative estimate of drug-likeness (QED) is 0.607. The Labute approximate surface area is 94.5 Å². The van der Waals surface area contributed by atoms with Crippen molar-refractivity contribution in [2.75, 3.05) is 6.54 Å². The third-order valence-electron chi connectivity index (χ3n) is 2.15. The molecule has 90 valence electrons. The molecule has 0 aliphatic heterocycles. The first-order valence-corrected chi connectivity index (χ1v) is 5.51. The molecular formula is C10H18N4O2. The van der Waals surface area contributed by atoms with Gasteiger partial charge in [0.15, 0.2) is 0 Å². The highest BCUT2D eigenvalue weighted by Crippen LogP contribution is 1.96. The van der Waals surface area contributed by atoms with Gasteiger partial charge < -0.3 is 10.4 Å². The smallest absolute Gasteiger partial charge is 0.290 e. The molecule has 0 fully saturated rings. The number of aliphatic hydroxyl groups excluding tert-OH is 1. The molecule has 1 amide bonds. The third kappa shape index (κ3) is 3.98. The van der Waals surface area contributed by atoms with Gasteiger partial charge in [0, 0.05) is 13.0 Å². The van der Waals surface area contributed by atoms with E-state index in [0.29, 0.717) is 18.8 Å². The molecule has 1 unspecified atom stereocenters. The molecule has 0 aromatic carbocycles. The van der Waals surface area contributed by atoms with Crippen LogP contribution in [0.25, 0.3) is 0 Å². The Morgan fingerprint density at radius 2 is 2.38 bits per heavy atom. The molecule has 6 nitrogen and oxygen atoms in total. The first kappa shape index (κ1) is 12.6. The van der Waals surface area contributed by atoms with Crippen molar-refractivity contribution < 1.29 is 9.90 Å². The van der Waals surface area contributed by atoms with Gasteiger partial charge in [0.05, 0.1) is 6.10 Å². The monoisotopic (exact) mass is 226 g/mol. The molecule has 0 saturated heterocycles. The highest BCUT2D eigenvalue weighted by atomic mass is 16.3. The molecule has 16 heavy (non-hydrogen) atoms. The maximum absolute atomic E-state index is 11.5. The largest absolute Gasteiger partial charge is 0.393 e. The molecule has 1 aromatic rings. The van der Waals surface area contributed by atoms with Gasteiger partial charge in [-0.2, -0.15) is 0 Å². The van der Waals surface area contributed by atoms with Gasteiger partial charge in [0.1, 0.15) is 5.82 Å². The summed E-state index contributed by atoms with van der Waals surface area (Å²) in [5.74, 6) is 0.601. The number of carbonyl (C=O) groups excluding carboxylic acids is 1. The van der Waals surface area contributed by atoms with E-state index in [-0.39, 0.29) is 17.8 Å². The van der Waals surface area contributed by atoms with Crippen LogP contribution in [0.4, 0.5) is 0 Å². The van der Waals surface area contributed by atoms with Crippen molar-refractivity contribution >= 4 is 5.91 Å². The number of nitrogens with one attached hydrogen (secondary N) is 2. The summed E-state index contributed by atoms with van der Waals surface area (Å²) >= 11 is 0. The van der Waals surface area contributed by atoms with Crippen LogP contribution >= 0.6 is 0 Å².